The summed E-state index contributed by atoms with van der Waals surface area (Å²) >= 11 is 1.19. The maximum atomic E-state index is 13.0. The Labute approximate surface area is 205 Å². The summed E-state index contributed by atoms with van der Waals surface area (Å²) < 4.78 is 13.1. The molecular formula is C24H27N5O5S. The third-order valence-electron chi connectivity index (χ3n) is 6.52. The average Bonchev–Trinajstić information content (AvgIpc) is 3.36. The number of hydrogen-bond donors (Lipinski definition) is 1. The quantitative estimate of drug-likeness (QED) is 0.407. The molecule has 10 nitrogen and oxygen atoms in total. The van der Waals surface area contributed by atoms with Gasteiger partial charge in [0.1, 0.15) is 16.2 Å². The largest absolute Gasteiger partial charge is 0.454 e. The van der Waals surface area contributed by atoms with Crippen LogP contribution in [0, 0.1) is 0 Å². The van der Waals surface area contributed by atoms with Gasteiger partial charge in [0.25, 0.3) is 5.56 Å². The predicted molar refractivity (Wildman–Crippen MR) is 131 cm³/mol. The van der Waals surface area contributed by atoms with Crippen molar-refractivity contribution in [3.8, 4) is 11.5 Å². The van der Waals surface area contributed by atoms with E-state index in [1.807, 2.05) is 18.2 Å². The van der Waals surface area contributed by atoms with Crippen molar-refractivity contribution in [2.45, 2.75) is 49.6 Å². The molecule has 11 heteroatoms. The van der Waals surface area contributed by atoms with E-state index in [1.54, 1.807) is 7.05 Å². The molecule has 0 spiro atoms. The molecule has 1 aliphatic carbocycles. The summed E-state index contributed by atoms with van der Waals surface area (Å²) in [4.78, 5) is 47.6. The van der Waals surface area contributed by atoms with Gasteiger partial charge in [0.05, 0.1) is 5.75 Å². The van der Waals surface area contributed by atoms with Gasteiger partial charge in [-0.2, -0.15) is 0 Å². The number of fused-ring (bicyclic) bond motifs is 2. The van der Waals surface area contributed by atoms with Crippen LogP contribution in [0.5, 0.6) is 11.5 Å². The third-order valence-corrected chi connectivity index (χ3v) is 7.50. The van der Waals surface area contributed by atoms with Gasteiger partial charge in [0.15, 0.2) is 17.1 Å². The van der Waals surface area contributed by atoms with E-state index in [0.717, 1.165) is 35.8 Å². The molecule has 0 bridgehead atoms. The molecule has 0 atom stereocenters. The highest BCUT2D eigenvalue weighted by molar-refractivity contribution is 8.00. The van der Waals surface area contributed by atoms with E-state index in [-0.39, 0.29) is 29.8 Å². The molecule has 2 aromatic heterocycles. The molecule has 184 valence electrons. The summed E-state index contributed by atoms with van der Waals surface area (Å²) in [5.41, 5.74) is 0.315. The lowest BCUT2D eigenvalue weighted by Crippen LogP contribution is -2.38. The fourth-order valence-corrected chi connectivity index (χ4v) is 5.38. The van der Waals surface area contributed by atoms with Crippen molar-refractivity contribution in [3.05, 3.63) is 50.4 Å². The van der Waals surface area contributed by atoms with Crippen molar-refractivity contribution in [1.29, 1.82) is 0 Å². The van der Waals surface area contributed by atoms with E-state index in [2.05, 4.69) is 10.3 Å². The number of aromatic nitrogens is 4. The lowest BCUT2D eigenvalue weighted by Gasteiger charge is -2.21. The van der Waals surface area contributed by atoms with Crippen molar-refractivity contribution in [2.24, 2.45) is 14.1 Å². The zero-order valence-corrected chi connectivity index (χ0v) is 20.5. The van der Waals surface area contributed by atoms with Crippen LogP contribution in [-0.4, -0.2) is 37.6 Å². The number of thioether (sulfide) groups is 1. The van der Waals surface area contributed by atoms with E-state index >= 15 is 0 Å². The summed E-state index contributed by atoms with van der Waals surface area (Å²) in [6, 6.07) is 5.53. The summed E-state index contributed by atoms with van der Waals surface area (Å²) in [5.74, 6) is 2.06. The van der Waals surface area contributed by atoms with Gasteiger partial charge >= 0.3 is 5.69 Å². The van der Waals surface area contributed by atoms with Gasteiger partial charge in [0.2, 0.25) is 12.7 Å². The number of amides is 1. The first-order valence-corrected chi connectivity index (χ1v) is 12.7. The topological polar surface area (TPSA) is 117 Å². The van der Waals surface area contributed by atoms with Crippen LogP contribution in [0.4, 0.5) is 0 Å². The third kappa shape index (κ3) is 4.64. The van der Waals surface area contributed by atoms with E-state index in [1.165, 1.54) is 29.8 Å². The van der Waals surface area contributed by atoms with Gasteiger partial charge in [0, 0.05) is 26.6 Å². The Bertz CT molecular complexity index is 1410. The van der Waals surface area contributed by atoms with Crippen LogP contribution in [0.3, 0.4) is 0 Å². The molecule has 35 heavy (non-hydrogen) atoms. The van der Waals surface area contributed by atoms with Crippen LogP contribution in [-0.2, 0) is 25.4 Å². The van der Waals surface area contributed by atoms with Crippen molar-refractivity contribution in [1.82, 2.24) is 24.4 Å². The highest BCUT2D eigenvalue weighted by atomic mass is 32.2. The van der Waals surface area contributed by atoms with E-state index < -0.39 is 11.2 Å². The zero-order chi connectivity index (χ0) is 24.5. The number of carbonyl (C=O) groups excluding carboxylic acids is 1. The minimum absolute atomic E-state index is 0.0762. The van der Waals surface area contributed by atoms with Gasteiger partial charge in [-0.3, -0.25) is 18.7 Å². The minimum atomic E-state index is -0.457. The second kappa shape index (κ2) is 9.73. The SMILES string of the molecule is Cn1c(=O)c2c(SCC(=O)NCc3ccc4c(c3)OCO4)nc(C3CCCCC3)nc2n(C)c1=O. The minimum Gasteiger partial charge on any atom is -0.454 e. The van der Waals surface area contributed by atoms with Gasteiger partial charge in [-0.05, 0) is 30.5 Å². The van der Waals surface area contributed by atoms with Crippen LogP contribution in [0.1, 0.15) is 49.4 Å². The number of rotatable bonds is 6. The van der Waals surface area contributed by atoms with Crippen LogP contribution >= 0.6 is 11.8 Å². The Morgan fingerprint density at radius 3 is 2.66 bits per heavy atom. The maximum absolute atomic E-state index is 13.0. The number of nitrogens with zero attached hydrogens (tertiary/aromatic N) is 4. The molecule has 1 aliphatic heterocycles. The molecule has 0 radical (unpaired) electrons. The van der Waals surface area contributed by atoms with Crippen molar-refractivity contribution in [3.63, 3.8) is 0 Å². The summed E-state index contributed by atoms with van der Waals surface area (Å²) in [7, 11) is 3.04. The smallest absolute Gasteiger partial charge is 0.332 e. The van der Waals surface area contributed by atoms with Crippen LogP contribution in [0.25, 0.3) is 11.0 Å². The molecule has 1 saturated carbocycles. The summed E-state index contributed by atoms with van der Waals surface area (Å²) in [6.45, 7) is 0.534. The predicted octanol–water partition coefficient (Wildman–Crippen LogP) is 2.21. The van der Waals surface area contributed by atoms with Crippen molar-refractivity contribution >= 4 is 28.7 Å². The molecule has 0 saturated heterocycles. The normalized spacial score (nSPS) is 15.5. The van der Waals surface area contributed by atoms with Gasteiger partial charge < -0.3 is 14.8 Å². The average molecular weight is 498 g/mol. The number of carbonyl (C=O) groups is 1. The standard InChI is InChI=1S/C24H27N5O5S/c1-28-21-19(23(31)29(2)24(28)32)22(27-20(26-21)15-6-4-3-5-7-15)35-12-18(30)25-11-14-8-9-16-17(10-14)34-13-33-16/h8-10,15H,3-7,11-13H2,1-2H3,(H,25,30). The monoisotopic (exact) mass is 497 g/mol. The fourth-order valence-electron chi connectivity index (χ4n) is 4.53. The first-order chi connectivity index (χ1) is 16.9. The van der Waals surface area contributed by atoms with E-state index in [4.69, 9.17) is 14.5 Å². The maximum Gasteiger partial charge on any atom is 0.332 e. The molecule has 1 amide bonds. The van der Waals surface area contributed by atoms with Crippen LogP contribution in [0.15, 0.2) is 32.8 Å². The number of hydrogen-bond acceptors (Lipinski definition) is 8. The molecule has 3 aromatic rings. The first kappa shape index (κ1) is 23.4. The highest BCUT2D eigenvalue weighted by Crippen LogP contribution is 2.34. The second-order valence-electron chi connectivity index (χ2n) is 8.88. The molecule has 5 rings (SSSR count). The summed E-state index contributed by atoms with van der Waals surface area (Å²) in [6.07, 6.45) is 5.35. The Hall–Kier alpha value is -3.34. The first-order valence-electron chi connectivity index (χ1n) is 11.7. The lowest BCUT2D eigenvalue weighted by atomic mass is 9.89. The van der Waals surface area contributed by atoms with Crippen molar-refractivity contribution in [2.75, 3.05) is 12.5 Å². The molecule has 0 unspecified atom stereocenters. The van der Waals surface area contributed by atoms with Crippen LogP contribution in [0.2, 0.25) is 0 Å². The zero-order valence-electron chi connectivity index (χ0n) is 19.7. The second-order valence-corrected chi connectivity index (χ2v) is 9.84. The molecule has 2 aliphatic rings. The number of benzene rings is 1. The van der Waals surface area contributed by atoms with Gasteiger partial charge in [-0.25, -0.2) is 14.8 Å². The fraction of sp³-hybridized carbons (Fsp3) is 0.458. The number of nitrogens with one attached hydrogen (secondary N) is 1. The van der Waals surface area contributed by atoms with E-state index in [0.29, 0.717) is 34.5 Å². The molecule has 3 heterocycles. The number of aryl methyl sites for hydroxylation is 1. The summed E-state index contributed by atoms with van der Waals surface area (Å²) in [5, 5.41) is 3.60. The Morgan fingerprint density at radius 1 is 1.09 bits per heavy atom. The van der Waals surface area contributed by atoms with Gasteiger partial charge in [-0.15, -0.1) is 0 Å². The molecule has 1 aromatic carbocycles. The van der Waals surface area contributed by atoms with Crippen LogP contribution < -0.4 is 26.0 Å². The molecule has 1 N–H and O–H groups in total. The lowest BCUT2D eigenvalue weighted by molar-refractivity contribution is -0.118. The van der Waals surface area contributed by atoms with Crippen molar-refractivity contribution < 1.29 is 14.3 Å². The van der Waals surface area contributed by atoms with E-state index in [9.17, 15) is 14.4 Å². The Kier molecular flexibility index (Phi) is 6.50. The molecule has 1 fully saturated rings. The van der Waals surface area contributed by atoms with Gasteiger partial charge in [-0.1, -0.05) is 37.1 Å². The Morgan fingerprint density at radius 2 is 1.86 bits per heavy atom. The Balaban J connectivity index is 1.38. The number of ether oxygens (including phenoxy) is 2. The molecular weight excluding hydrogens is 470 g/mol. The highest BCUT2D eigenvalue weighted by Gasteiger charge is 2.24.